The summed E-state index contributed by atoms with van der Waals surface area (Å²) < 4.78 is 13.3. The standard InChI is InChI=1S/C25H23ClN4O4S/c1-17-27-28-25(30(17)21-11-9-20(26)10-12-21)35-24(15-29(31)32)19-8-13-22(23(14-19)33-2)34-16-18-6-4-3-5-7-18/h3-14,24H,15-16H2,1-2H3/t24-/m0/s1. The van der Waals surface area contributed by atoms with Crippen LogP contribution in [-0.2, 0) is 6.61 Å². The fourth-order valence-electron chi connectivity index (χ4n) is 3.52. The first kappa shape index (κ1) is 24.6. The highest BCUT2D eigenvalue weighted by Gasteiger charge is 2.25. The van der Waals surface area contributed by atoms with E-state index in [1.54, 1.807) is 31.4 Å². The van der Waals surface area contributed by atoms with Crippen LogP contribution in [0.2, 0.25) is 5.02 Å². The van der Waals surface area contributed by atoms with Gasteiger partial charge in [0.2, 0.25) is 6.54 Å². The Labute approximate surface area is 212 Å². The lowest BCUT2D eigenvalue weighted by Crippen LogP contribution is -2.11. The largest absolute Gasteiger partial charge is 0.493 e. The molecule has 0 amide bonds. The molecule has 180 valence electrons. The maximum absolute atomic E-state index is 11.5. The van der Waals surface area contributed by atoms with Gasteiger partial charge in [-0.1, -0.05) is 59.8 Å². The molecule has 8 nitrogen and oxygen atoms in total. The quantitative estimate of drug-likeness (QED) is 0.148. The molecule has 10 heteroatoms. The monoisotopic (exact) mass is 510 g/mol. The van der Waals surface area contributed by atoms with Crippen LogP contribution >= 0.6 is 23.4 Å². The summed E-state index contributed by atoms with van der Waals surface area (Å²) in [6.45, 7) is 1.91. The van der Waals surface area contributed by atoms with Crippen molar-refractivity contribution in [1.29, 1.82) is 0 Å². The van der Waals surface area contributed by atoms with E-state index in [0.717, 1.165) is 16.8 Å². The normalized spacial score (nSPS) is 11.7. The van der Waals surface area contributed by atoms with Crippen LogP contribution in [0.5, 0.6) is 11.5 Å². The number of rotatable bonds is 10. The number of ether oxygens (including phenoxy) is 2. The van der Waals surface area contributed by atoms with Crippen LogP contribution in [-0.4, -0.2) is 33.3 Å². The van der Waals surface area contributed by atoms with Crippen LogP contribution in [0.3, 0.4) is 0 Å². The minimum Gasteiger partial charge on any atom is -0.493 e. The number of hydrogen-bond acceptors (Lipinski definition) is 7. The zero-order chi connectivity index (χ0) is 24.8. The lowest BCUT2D eigenvalue weighted by Gasteiger charge is -2.17. The van der Waals surface area contributed by atoms with Gasteiger partial charge in [-0.3, -0.25) is 14.7 Å². The van der Waals surface area contributed by atoms with Gasteiger partial charge in [0.1, 0.15) is 17.7 Å². The number of thioether (sulfide) groups is 1. The molecule has 0 fully saturated rings. The van der Waals surface area contributed by atoms with Crippen molar-refractivity contribution < 1.29 is 14.4 Å². The summed E-state index contributed by atoms with van der Waals surface area (Å²) in [5, 5.41) is 20.6. The van der Waals surface area contributed by atoms with Gasteiger partial charge in [0.25, 0.3) is 0 Å². The highest BCUT2D eigenvalue weighted by molar-refractivity contribution is 7.99. The number of aromatic nitrogens is 3. The smallest absolute Gasteiger partial charge is 0.220 e. The van der Waals surface area contributed by atoms with Crippen molar-refractivity contribution in [2.75, 3.05) is 13.7 Å². The van der Waals surface area contributed by atoms with Crippen LogP contribution in [0.1, 0.15) is 22.2 Å². The van der Waals surface area contributed by atoms with Crippen LogP contribution < -0.4 is 9.47 Å². The van der Waals surface area contributed by atoms with Gasteiger partial charge in [0.05, 0.1) is 7.11 Å². The molecule has 35 heavy (non-hydrogen) atoms. The lowest BCUT2D eigenvalue weighted by atomic mass is 10.1. The van der Waals surface area contributed by atoms with Gasteiger partial charge in [-0.25, -0.2) is 0 Å². The van der Waals surface area contributed by atoms with Crippen LogP contribution in [0.4, 0.5) is 0 Å². The van der Waals surface area contributed by atoms with Crippen molar-refractivity contribution in [3.05, 3.63) is 105 Å². The minimum atomic E-state index is -0.531. The molecule has 4 aromatic rings. The molecule has 0 saturated heterocycles. The molecule has 0 saturated carbocycles. The Morgan fingerprint density at radius 2 is 1.80 bits per heavy atom. The summed E-state index contributed by atoms with van der Waals surface area (Å²) in [6, 6.07) is 22.4. The number of halogens is 1. The van der Waals surface area contributed by atoms with Crippen molar-refractivity contribution in [2.45, 2.75) is 23.9 Å². The molecule has 0 bridgehead atoms. The van der Waals surface area contributed by atoms with E-state index in [2.05, 4.69) is 10.2 Å². The molecule has 1 heterocycles. The molecule has 3 aromatic carbocycles. The molecule has 1 aromatic heterocycles. The Kier molecular flexibility index (Phi) is 7.89. The van der Waals surface area contributed by atoms with Gasteiger partial charge in [-0.15, -0.1) is 10.2 Å². The summed E-state index contributed by atoms with van der Waals surface area (Å²) in [6.07, 6.45) is 0. The molecular weight excluding hydrogens is 488 g/mol. The Bertz CT molecular complexity index is 1300. The number of benzene rings is 3. The maximum Gasteiger partial charge on any atom is 0.220 e. The molecule has 0 N–H and O–H groups in total. The second kappa shape index (κ2) is 11.2. The molecular formula is C25H23ClN4O4S. The van der Waals surface area contributed by atoms with E-state index >= 15 is 0 Å². The van der Waals surface area contributed by atoms with Crippen molar-refractivity contribution in [1.82, 2.24) is 14.8 Å². The molecule has 0 aliphatic carbocycles. The van der Waals surface area contributed by atoms with Crippen LogP contribution in [0.25, 0.3) is 5.69 Å². The summed E-state index contributed by atoms with van der Waals surface area (Å²) in [7, 11) is 1.55. The zero-order valence-corrected chi connectivity index (χ0v) is 20.7. The van der Waals surface area contributed by atoms with Gasteiger partial charge < -0.3 is 9.47 Å². The number of hydrogen-bond donors (Lipinski definition) is 0. The second-order valence-electron chi connectivity index (χ2n) is 7.65. The summed E-state index contributed by atoms with van der Waals surface area (Å²) in [5.41, 5.74) is 2.57. The third-order valence-electron chi connectivity index (χ3n) is 5.24. The van der Waals surface area contributed by atoms with Gasteiger partial charge in [-0.2, -0.15) is 0 Å². The number of methoxy groups -OCH3 is 1. The lowest BCUT2D eigenvalue weighted by molar-refractivity contribution is -0.479. The second-order valence-corrected chi connectivity index (χ2v) is 9.25. The van der Waals surface area contributed by atoms with Gasteiger partial charge in [-0.05, 0) is 54.4 Å². The number of aryl methyl sites for hydroxylation is 1. The highest BCUT2D eigenvalue weighted by Crippen LogP contribution is 2.39. The Morgan fingerprint density at radius 3 is 2.49 bits per heavy atom. The Balaban J connectivity index is 1.61. The fraction of sp³-hybridized carbons (Fsp3) is 0.200. The molecule has 0 aliphatic heterocycles. The number of nitro groups is 1. The van der Waals surface area contributed by atoms with E-state index < -0.39 is 5.25 Å². The highest BCUT2D eigenvalue weighted by atomic mass is 35.5. The fourth-order valence-corrected chi connectivity index (χ4v) is 4.81. The third-order valence-corrected chi connectivity index (χ3v) is 6.67. The van der Waals surface area contributed by atoms with Gasteiger partial charge in [0.15, 0.2) is 16.7 Å². The third kappa shape index (κ3) is 6.12. The average Bonchev–Trinajstić information content (AvgIpc) is 3.23. The first-order chi connectivity index (χ1) is 16.9. The van der Waals surface area contributed by atoms with E-state index in [1.807, 2.05) is 60.0 Å². The summed E-state index contributed by atoms with van der Waals surface area (Å²) >= 11 is 7.30. The van der Waals surface area contributed by atoms with Crippen LogP contribution in [0.15, 0.2) is 78.0 Å². The topological polar surface area (TPSA) is 92.3 Å². The van der Waals surface area contributed by atoms with Gasteiger partial charge >= 0.3 is 0 Å². The Hall–Kier alpha value is -3.56. The molecule has 1 atom stereocenters. The van der Waals surface area contributed by atoms with E-state index in [4.69, 9.17) is 21.1 Å². The van der Waals surface area contributed by atoms with Crippen molar-refractivity contribution in [2.24, 2.45) is 0 Å². The van der Waals surface area contributed by atoms with Crippen molar-refractivity contribution in [3.8, 4) is 17.2 Å². The molecule has 4 rings (SSSR count). The first-order valence-corrected chi connectivity index (χ1v) is 12.0. The van der Waals surface area contributed by atoms with E-state index in [1.165, 1.54) is 11.8 Å². The maximum atomic E-state index is 11.5. The SMILES string of the molecule is COc1cc([C@H](C[N+](=O)[O-])Sc2nnc(C)n2-c2ccc(Cl)cc2)ccc1OCc1ccccc1. The molecule has 0 spiro atoms. The van der Waals surface area contributed by atoms with Crippen LogP contribution in [0, 0.1) is 17.0 Å². The Morgan fingerprint density at radius 1 is 1.06 bits per heavy atom. The number of nitrogens with zero attached hydrogens (tertiary/aromatic N) is 4. The zero-order valence-electron chi connectivity index (χ0n) is 19.1. The average molecular weight is 511 g/mol. The predicted octanol–water partition coefficient (Wildman–Crippen LogP) is 5.93. The molecule has 0 radical (unpaired) electrons. The first-order valence-electron chi connectivity index (χ1n) is 10.8. The van der Waals surface area contributed by atoms with Crippen molar-refractivity contribution >= 4 is 23.4 Å². The molecule has 0 unspecified atom stereocenters. The van der Waals surface area contributed by atoms with Gasteiger partial charge in [0, 0.05) is 15.6 Å². The minimum absolute atomic E-state index is 0.301. The van der Waals surface area contributed by atoms with E-state index in [-0.39, 0.29) is 11.5 Å². The summed E-state index contributed by atoms with van der Waals surface area (Å²) in [5.74, 6) is 1.73. The molecule has 0 aliphatic rings. The predicted molar refractivity (Wildman–Crippen MR) is 135 cm³/mol. The van der Waals surface area contributed by atoms with Crippen molar-refractivity contribution in [3.63, 3.8) is 0 Å². The van der Waals surface area contributed by atoms with E-state index in [0.29, 0.717) is 34.1 Å². The van der Waals surface area contributed by atoms with E-state index in [9.17, 15) is 10.1 Å². The summed E-state index contributed by atoms with van der Waals surface area (Å²) in [4.78, 5) is 11.2.